The zero-order valence-corrected chi connectivity index (χ0v) is 10.7. The van der Waals surface area contributed by atoms with Crippen LogP contribution < -0.4 is 0 Å². The molecular weight excluding hydrogens is 224 g/mol. The molecule has 0 aliphatic heterocycles. The Bertz CT molecular complexity index is 336. The number of hydrogen-bond donors (Lipinski definition) is 0. The largest absolute Gasteiger partial charge is 0.299 e. The minimum atomic E-state index is 0.218. The maximum absolute atomic E-state index is 11.5. The molecule has 1 unspecified atom stereocenters. The lowest BCUT2D eigenvalue weighted by atomic mass is 10.1. The number of Topliss-reactive ketones (excluding diaryl/α,β-unsaturated/α-hetero) is 1. The number of carbonyl (C=O) groups excluding carboxylic acids is 1. The molecular formula is C12H19ClN2O. The second kappa shape index (κ2) is 6.69. The summed E-state index contributed by atoms with van der Waals surface area (Å²) in [6.07, 6.45) is 4.73. The number of aromatic nitrogens is 2. The molecule has 0 saturated carbocycles. The first-order chi connectivity index (χ1) is 7.67. The monoisotopic (exact) mass is 242 g/mol. The summed E-state index contributed by atoms with van der Waals surface area (Å²) in [6.45, 7) is 4.24. The van der Waals surface area contributed by atoms with E-state index in [4.69, 9.17) is 11.6 Å². The van der Waals surface area contributed by atoms with Crippen molar-refractivity contribution in [3.05, 3.63) is 18.0 Å². The highest BCUT2D eigenvalue weighted by atomic mass is 35.5. The molecule has 0 fully saturated rings. The minimum absolute atomic E-state index is 0.218. The lowest BCUT2D eigenvalue weighted by Gasteiger charge is -2.07. The van der Waals surface area contributed by atoms with Gasteiger partial charge in [0.05, 0.1) is 12.1 Å². The van der Waals surface area contributed by atoms with E-state index >= 15 is 0 Å². The number of nitrogens with zero attached hydrogens (tertiary/aromatic N) is 2. The van der Waals surface area contributed by atoms with Crippen molar-refractivity contribution >= 4 is 17.4 Å². The maximum atomic E-state index is 11.5. The van der Waals surface area contributed by atoms with Gasteiger partial charge in [-0.05, 0) is 25.8 Å². The molecule has 90 valence electrons. The molecule has 1 atom stereocenters. The predicted octanol–water partition coefficient (Wildman–Crippen LogP) is 2.98. The molecule has 0 aromatic carbocycles. The highest BCUT2D eigenvalue weighted by molar-refractivity contribution is 6.17. The van der Waals surface area contributed by atoms with Gasteiger partial charge in [0.15, 0.2) is 0 Å². The second-order valence-electron chi connectivity index (χ2n) is 4.05. The summed E-state index contributed by atoms with van der Waals surface area (Å²) in [6, 6.07) is 2.32. The Labute approximate surface area is 102 Å². The van der Waals surface area contributed by atoms with Crippen LogP contribution in [0.2, 0.25) is 0 Å². The van der Waals surface area contributed by atoms with Gasteiger partial charge >= 0.3 is 0 Å². The Balaban J connectivity index is 2.48. The van der Waals surface area contributed by atoms with Crippen molar-refractivity contribution < 1.29 is 4.79 Å². The number of carbonyl (C=O) groups is 1. The van der Waals surface area contributed by atoms with Crippen LogP contribution in [0.25, 0.3) is 0 Å². The molecule has 1 aromatic rings. The van der Waals surface area contributed by atoms with Crippen LogP contribution in [0, 0.1) is 0 Å². The van der Waals surface area contributed by atoms with Crippen LogP contribution >= 0.6 is 11.6 Å². The fraction of sp³-hybridized carbons (Fsp3) is 0.667. The lowest BCUT2D eigenvalue weighted by molar-refractivity contribution is -0.118. The average Bonchev–Trinajstić information content (AvgIpc) is 2.73. The van der Waals surface area contributed by atoms with Gasteiger partial charge < -0.3 is 0 Å². The zero-order valence-electron chi connectivity index (χ0n) is 9.95. The van der Waals surface area contributed by atoms with E-state index in [9.17, 15) is 4.79 Å². The molecule has 0 bridgehead atoms. The van der Waals surface area contributed by atoms with E-state index in [1.54, 1.807) is 0 Å². The number of rotatable bonds is 7. The van der Waals surface area contributed by atoms with Gasteiger partial charge in [0.1, 0.15) is 5.78 Å². The molecule has 1 aromatic heterocycles. The summed E-state index contributed by atoms with van der Waals surface area (Å²) in [4.78, 5) is 11.5. The molecule has 1 rings (SSSR count). The average molecular weight is 243 g/mol. The summed E-state index contributed by atoms with van der Waals surface area (Å²) in [7, 11) is 0. The van der Waals surface area contributed by atoms with Crippen molar-refractivity contribution in [1.29, 1.82) is 0 Å². The van der Waals surface area contributed by atoms with Crippen LogP contribution in [0.4, 0.5) is 0 Å². The molecule has 0 amide bonds. The van der Waals surface area contributed by atoms with Crippen molar-refractivity contribution in [3.8, 4) is 0 Å². The molecule has 4 heteroatoms. The fourth-order valence-electron chi connectivity index (χ4n) is 1.46. The van der Waals surface area contributed by atoms with Gasteiger partial charge in [-0.1, -0.05) is 6.92 Å². The first-order valence-electron chi connectivity index (χ1n) is 5.79. The van der Waals surface area contributed by atoms with Crippen molar-refractivity contribution in [2.75, 3.05) is 5.88 Å². The third-order valence-electron chi connectivity index (χ3n) is 2.67. The summed E-state index contributed by atoms with van der Waals surface area (Å²) >= 11 is 5.54. The summed E-state index contributed by atoms with van der Waals surface area (Å²) < 4.78 is 1.92. The predicted molar refractivity (Wildman–Crippen MR) is 65.9 cm³/mol. The van der Waals surface area contributed by atoms with Crippen LogP contribution in [0.3, 0.4) is 0 Å². The lowest BCUT2D eigenvalue weighted by Crippen LogP contribution is -2.07. The van der Waals surface area contributed by atoms with E-state index in [-0.39, 0.29) is 5.78 Å². The normalized spacial score (nSPS) is 12.7. The van der Waals surface area contributed by atoms with Crippen LogP contribution in [0.15, 0.2) is 12.3 Å². The molecule has 3 nitrogen and oxygen atoms in total. The third kappa shape index (κ3) is 3.97. The van der Waals surface area contributed by atoms with Gasteiger partial charge in [0, 0.05) is 24.5 Å². The van der Waals surface area contributed by atoms with Crippen LogP contribution in [-0.4, -0.2) is 21.4 Å². The highest BCUT2D eigenvalue weighted by Gasteiger charge is 2.08. The van der Waals surface area contributed by atoms with Crippen molar-refractivity contribution in [2.24, 2.45) is 0 Å². The number of hydrogen-bond acceptors (Lipinski definition) is 2. The SMILES string of the molecule is CCC(C)n1ccc(CC(=O)CCCCl)n1. The first kappa shape index (κ1) is 13.2. The van der Waals surface area contributed by atoms with Crippen LogP contribution in [0.5, 0.6) is 0 Å². The van der Waals surface area contributed by atoms with E-state index in [2.05, 4.69) is 18.9 Å². The first-order valence-corrected chi connectivity index (χ1v) is 6.32. The molecule has 1 heterocycles. The molecule has 0 radical (unpaired) electrons. The van der Waals surface area contributed by atoms with Crippen molar-refractivity contribution in [3.63, 3.8) is 0 Å². The smallest absolute Gasteiger partial charge is 0.138 e. The number of halogens is 1. The quantitative estimate of drug-likeness (QED) is 0.689. The van der Waals surface area contributed by atoms with E-state index in [0.717, 1.165) is 18.5 Å². The van der Waals surface area contributed by atoms with E-state index in [0.29, 0.717) is 24.8 Å². The Hall–Kier alpha value is -0.830. The Morgan fingerprint density at radius 3 is 3.00 bits per heavy atom. The highest BCUT2D eigenvalue weighted by Crippen LogP contribution is 2.10. The number of alkyl halides is 1. The number of ketones is 1. The molecule has 0 saturated heterocycles. The zero-order chi connectivity index (χ0) is 12.0. The van der Waals surface area contributed by atoms with E-state index in [1.165, 1.54) is 0 Å². The standard InChI is InChI=1S/C12H19ClN2O/c1-3-10(2)15-8-6-11(14-15)9-12(16)5-4-7-13/h6,8,10H,3-5,7,9H2,1-2H3. The Morgan fingerprint density at radius 1 is 1.62 bits per heavy atom. The molecule has 16 heavy (non-hydrogen) atoms. The van der Waals surface area contributed by atoms with Gasteiger partial charge in [0.2, 0.25) is 0 Å². The topological polar surface area (TPSA) is 34.9 Å². The maximum Gasteiger partial charge on any atom is 0.138 e. The Kier molecular flexibility index (Phi) is 5.53. The van der Waals surface area contributed by atoms with E-state index in [1.807, 2.05) is 16.9 Å². The van der Waals surface area contributed by atoms with Gasteiger partial charge in [-0.2, -0.15) is 5.10 Å². The summed E-state index contributed by atoms with van der Waals surface area (Å²) in [5.74, 6) is 0.766. The van der Waals surface area contributed by atoms with Gasteiger partial charge in [-0.15, -0.1) is 11.6 Å². The van der Waals surface area contributed by atoms with Gasteiger partial charge in [-0.3, -0.25) is 9.48 Å². The van der Waals surface area contributed by atoms with Crippen molar-refractivity contribution in [2.45, 2.75) is 45.6 Å². The van der Waals surface area contributed by atoms with Gasteiger partial charge in [-0.25, -0.2) is 0 Å². The molecule has 0 aliphatic carbocycles. The Morgan fingerprint density at radius 2 is 2.38 bits per heavy atom. The minimum Gasteiger partial charge on any atom is -0.299 e. The van der Waals surface area contributed by atoms with Crippen LogP contribution in [-0.2, 0) is 11.2 Å². The molecule has 0 aliphatic rings. The fourth-order valence-corrected chi connectivity index (χ4v) is 1.59. The van der Waals surface area contributed by atoms with Crippen molar-refractivity contribution in [1.82, 2.24) is 9.78 Å². The third-order valence-corrected chi connectivity index (χ3v) is 2.94. The summed E-state index contributed by atoms with van der Waals surface area (Å²) in [5, 5.41) is 4.39. The molecule has 0 N–H and O–H groups in total. The van der Waals surface area contributed by atoms with E-state index < -0.39 is 0 Å². The van der Waals surface area contributed by atoms with Gasteiger partial charge in [0.25, 0.3) is 0 Å². The molecule has 0 spiro atoms. The second-order valence-corrected chi connectivity index (χ2v) is 4.43. The van der Waals surface area contributed by atoms with Crippen LogP contribution in [0.1, 0.15) is 44.8 Å². The summed E-state index contributed by atoms with van der Waals surface area (Å²) in [5.41, 5.74) is 0.861.